The van der Waals surface area contributed by atoms with Gasteiger partial charge in [-0.3, -0.25) is 0 Å². The van der Waals surface area contributed by atoms with Gasteiger partial charge in [0, 0.05) is 5.56 Å². The van der Waals surface area contributed by atoms with Gasteiger partial charge in [0.05, 0.1) is 6.10 Å². The topological polar surface area (TPSA) is 20.2 Å². The summed E-state index contributed by atoms with van der Waals surface area (Å²) in [6.07, 6.45) is 3.68. The first-order valence-electron chi connectivity index (χ1n) is 6.52. The number of hydrogen-bond donors (Lipinski definition) is 1. The number of aliphatic hydroxyl groups excluding tert-OH is 1. The summed E-state index contributed by atoms with van der Waals surface area (Å²) >= 11 is 0. The summed E-state index contributed by atoms with van der Waals surface area (Å²) in [6, 6.07) is 5.10. The molecule has 0 bridgehead atoms. The van der Waals surface area contributed by atoms with Crippen molar-refractivity contribution in [3.05, 3.63) is 35.1 Å². The minimum atomic E-state index is -0.636. The summed E-state index contributed by atoms with van der Waals surface area (Å²) in [7, 11) is 0. The third kappa shape index (κ3) is 2.86. The van der Waals surface area contributed by atoms with Crippen LogP contribution in [0.4, 0.5) is 4.39 Å². The minimum absolute atomic E-state index is 0.225. The molecule has 0 saturated heterocycles. The first kappa shape index (κ1) is 12.6. The zero-order chi connectivity index (χ0) is 12.4. The van der Waals surface area contributed by atoms with Crippen LogP contribution < -0.4 is 0 Å². The third-order valence-electron chi connectivity index (χ3n) is 3.98. The fourth-order valence-electron chi connectivity index (χ4n) is 2.73. The molecule has 0 aromatic heterocycles. The zero-order valence-corrected chi connectivity index (χ0v) is 10.6. The monoisotopic (exact) mass is 236 g/mol. The molecule has 0 aliphatic heterocycles. The highest BCUT2D eigenvalue weighted by Gasteiger charge is 2.27. The SMILES string of the molecule is Cc1ccc(C(O)C2CCC(C)CC2)c(F)c1. The quantitative estimate of drug-likeness (QED) is 0.823. The second-order valence-corrected chi connectivity index (χ2v) is 5.49. The molecule has 0 spiro atoms. The van der Waals surface area contributed by atoms with Gasteiger partial charge in [0.15, 0.2) is 0 Å². The van der Waals surface area contributed by atoms with E-state index in [1.165, 1.54) is 6.07 Å². The van der Waals surface area contributed by atoms with Gasteiger partial charge in [0.2, 0.25) is 0 Å². The summed E-state index contributed by atoms with van der Waals surface area (Å²) < 4.78 is 13.8. The standard InChI is InChI=1S/C15H21FO/c1-10-3-6-12(7-4-10)15(17)13-8-5-11(2)9-14(13)16/h5,8-10,12,15,17H,3-4,6-7H2,1-2H3. The molecule has 1 aliphatic carbocycles. The smallest absolute Gasteiger partial charge is 0.129 e. The summed E-state index contributed by atoms with van der Waals surface area (Å²) in [5, 5.41) is 10.3. The van der Waals surface area contributed by atoms with E-state index >= 15 is 0 Å². The fourth-order valence-corrected chi connectivity index (χ4v) is 2.73. The maximum Gasteiger partial charge on any atom is 0.129 e. The Balaban J connectivity index is 2.11. The van der Waals surface area contributed by atoms with E-state index in [2.05, 4.69) is 6.92 Å². The van der Waals surface area contributed by atoms with Gasteiger partial charge in [0.1, 0.15) is 5.82 Å². The van der Waals surface area contributed by atoms with Gasteiger partial charge < -0.3 is 5.11 Å². The molecule has 1 aliphatic rings. The fraction of sp³-hybridized carbons (Fsp3) is 0.600. The van der Waals surface area contributed by atoms with Crippen molar-refractivity contribution in [3.8, 4) is 0 Å². The van der Waals surface area contributed by atoms with E-state index in [4.69, 9.17) is 0 Å². The Kier molecular flexibility index (Phi) is 3.82. The van der Waals surface area contributed by atoms with Crippen LogP contribution >= 0.6 is 0 Å². The molecule has 1 aromatic rings. The lowest BCUT2D eigenvalue weighted by Gasteiger charge is -2.30. The Morgan fingerprint density at radius 1 is 1.24 bits per heavy atom. The van der Waals surface area contributed by atoms with E-state index in [1.54, 1.807) is 6.07 Å². The van der Waals surface area contributed by atoms with Crippen molar-refractivity contribution in [1.82, 2.24) is 0 Å². The van der Waals surface area contributed by atoms with Gasteiger partial charge in [0.25, 0.3) is 0 Å². The van der Waals surface area contributed by atoms with Gasteiger partial charge >= 0.3 is 0 Å². The Morgan fingerprint density at radius 2 is 1.88 bits per heavy atom. The van der Waals surface area contributed by atoms with E-state index in [0.717, 1.165) is 37.2 Å². The molecular formula is C15H21FO. The van der Waals surface area contributed by atoms with E-state index in [0.29, 0.717) is 5.56 Å². The Hall–Kier alpha value is -0.890. The lowest BCUT2D eigenvalue weighted by atomic mass is 9.78. The number of halogens is 1. The van der Waals surface area contributed by atoms with Gasteiger partial charge in [-0.25, -0.2) is 4.39 Å². The molecule has 1 aromatic carbocycles. The molecule has 1 N–H and O–H groups in total. The maximum atomic E-state index is 13.8. The number of benzene rings is 1. The number of rotatable bonds is 2. The lowest BCUT2D eigenvalue weighted by Crippen LogP contribution is -2.20. The number of hydrogen-bond acceptors (Lipinski definition) is 1. The van der Waals surface area contributed by atoms with Crippen LogP contribution in [0.25, 0.3) is 0 Å². The Bertz CT molecular complexity index is 381. The van der Waals surface area contributed by atoms with Crippen LogP contribution in [0.5, 0.6) is 0 Å². The number of aliphatic hydroxyl groups is 1. The van der Waals surface area contributed by atoms with Crippen LogP contribution in [0.15, 0.2) is 18.2 Å². The molecule has 2 rings (SSSR count). The van der Waals surface area contributed by atoms with Crippen molar-refractivity contribution in [1.29, 1.82) is 0 Å². The van der Waals surface area contributed by atoms with Crippen LogP contribution in [0, 0.1) is 24.6 Å². The Labute approximate surface area is 103 Å². The zero-order valence-electron chi connectivity index (χ0n) is 10.6. The molecule has 17 heavy (non-hydrogen) atoms. The first-order chi connectivity index (χ1) is 8.08. The molecule has 94 valence electrons. The normalized spacial score (nSPS) is 26.8. The van der Waals surface area contributed by atoms with E-state index in [-0.39, 0.29) is 11.7 Å². The average molecular weight is 236 g/mol. The van der Waals surface area contributed by atoms with Gasteiger partial charge in [-0.15, -0.1) is 0 Å². The third-order valence-corrected chi connectivity index (χ3v) is 3.98. The molecule has 1 atom stereocenters. The summed E-state index contributed by atoms with van der Waals surface area (Å²) in [6.45, 7) is 4.11. The Morgan fingerprint density at radius 3 is 2.47 bits per heavy atom. The van der Waals surface area contributed by atoms with Crippen LogP contribution in [-0.2, 0) is 0 Å². The summed E-state index contributed by atoms with van der Waals surface area (Å²) in [4.78, 5) is 0. The molecule has 0 radical (unpaired) electrons. The lowest BCUT2D eigenvalue weighted by molar-refractivity contribution is 0.0726. The predicted molar refractivity (Wildman–Crippen MR) is 67.2 cm³/mol. The number of aryl methyl sites for hydroxylation is 1. The van der Waals surface area contributed by atoms with Gasteiger partial charge in [-0.2, -0.15) is 0 Å². The largest absolute Gasteiger partial charge is 0.388 e. The van der Waals surface area contributed by atoms with E-state index < -0.39 is 6.10 Å². The minimum Gasteiger partial charge on any atom is -0.388 e. The first-order valence-corrected chi connectivity index (χ1v) is 6.52. The van der Waals surface area contributed by atoms with Crippen molar-refractivity contribution in [2.75, 3.05) is 0 Å². The van der Waals surface area contributed by atoms with Crippen molar-refractivity contribution < 1.29 is 9.50 Å². The van der Waals surface area contributed by atoms with Gasteiger partial charge in [-0.1, -0.05) is 31.9 Å². The molecule has 1 nitrogen and oxygen atoms in total. The average Bonchev–Trinajstić information content (AvgIpc) is 2.29. The predicted octanol–water partition coefficient (Wildman–Crippen LogP) is 3.99. The van der Waals surface area contributed by atoms with Crippen LogP contribution in [0.2, 0.25) is 0 Å². The van der Waals surface area contributed by atoms with Crippen LogP contribution in [-0.4, -0.2) is 5.11 Å². The second kappa shape index (κ2) is 5.18. The van der Waals surface area contributed by atoms with Crippen molar-refractivity contribution in [3.63, 3.8) is 0 Å². The summed E-state index contributed by atoms with van der Waals surface area (Å²) in [5.41, 5.74) is 1.37. The highest BCUT2D eigenvalue weighted by molar-refractivity contribution is 5.25. The van der Waals surface area contributed by atoms with E-state index in [9.17, 15) is 9.50 Å². The second-order valence-electron chi connectivity index (χ2n) is 5.49. The molecule has 1 fully saturated rings. The molecule has 0 heterocycles. The summed E-state index contributed by atoms with van der Waals surface area (Å²) in [5.74, 6) is 0.709. The highest BCUT2D eigenvalue weighted by atomic mass is 19.1. The molecule has 2 heteroatoms. The van der Waals surface area contributed by atoms with Crippen LogP contribution in [0.3, 0.4) is 0 Å². The maximum absolute atomic E-state index is 13.8. The van der Waals surface area contributed by atoms with Crippen LogP contribution in [0.1, 0.15) is 49.8 Å². The molecule has 0 amide bonds. The van der Waals surface area contributed by atoms with Crippen molar-refractivity contribution in [2.24, 2.45) is 11.8 Å². The molecular weight excluding hydrogens is 215 g/mol. The molecule has 1 unspecified atom stereocenters. The van der Waals surface area contributed by atoms with Gasteiger partial charge in [-0.05, 0) is 43.2 Å². The van der Waals surface area contributed by atoms with E-state index in [1.807, 2.05) is 13.0 Å². The highest BCUT2D eigenvalue weighted by Crippen LogP contribution is 2.37. The van der Waals surface area contributed by atoms with Crippen molar-refractivity contribution >= 4 is 0 Å². The van der Waals surface area contributed by atoms with Crippen molar-refractivity contribution in [2.45, 2.75) is 45.6 Å². The molecule has 1 saturated carbocycles.